The molecule has 0 saturated carbocycles. The molecule has 1 N–H and O–H groups in total. The monoisotopic (exact) mass is 573 g/mol. The van der Waals surface area contributed by atoms with Crippen molar-refractivity contribution in [2.45, 2.75) is 65.1 Å². The normalized spacial score (nSPS) is 13.1. The molecule has 2 amide bonds. The highest BCUT2D eigenvalue weighted by Gasteiger charge is 2.30. The van der Waals surface area contributed by atoms with Crippen molar-refractivity contribution < 1.29 is 22.4 Å². The van der Waals surface area contributed by atoms with Crippen molar-refractivity contribution in [3.05, 3.63) is 63.9 Å². The van der Waals surface area contributed by atoms with Gasteiger partial charge in [0.25, 0.3) is 0 Å². The van der Waals surface area contributed by atoms with Crippen LogP contribution in [0.25, 0.3) is 0 Å². The molecule has 2 aromatic rings. The predicted octanol–water partition coefficient (Wildman–Crippen LogP) is 5.40. The van der Waals surface area contributed by atoms with Gasteiger partial charge in [-0.25, -0.2) is 12.8 Å². The molecule has 0 radical (unpaired) electrons. The van der Waals surface area contributed by atoms with E-state index in [2.05, 4.69) is 5.32 Å². The molecule has 0 spiro atoms. The third kappa shape index (κ3) is 8.58. The van der Waals surface area contributed by atoms with Crippen LogP contribution in [0.3, 0.4) is 0 Å². The molecule has 0 aromatic heterocycles. The van der Waals surface area contributed by atoms with E-state index in [1.807, 2.05) is 13.8 Å². The number of carbonyl (C=O) groups is 2. The Morgan fingerprint density at radius 2 is 1.65 bits per heavy atom. The van der Waals surface area contributed by atoms with E-state index in [9.17, 15) is 22.4 Å². The summed E-state index contributed by atoms with van der Waals surface area (Å²) in [5.74, 6) is -1.34. The van der Waals surface area contributed by atoms with Crippen LogP contribution in [0.2, 0.25) is 10.0 Å². The second-order valence-corrected chi connectivity index (χ2v) is 11.6. The number of anilines is 1. The zero-order chi connectivity index (χ0) is 27.8. The van der Waals surface area contributed by atoms with Crippen LogP contribution < -0.4 is 9.62 Å². The molecule has 0 heterocycles. The van der Waals surface area contributed by atoms with Crippen LogP contribution in [-0.2, 0) is 26.2 Å². The summed E-state index contributed by atoms with van der Waals surface area (Å²) in [6, 6.07) is 9.70. The van der Waals surface area contributed by atoms with Crippen molar-refractivity contribution in [1.82, 2.24) is 10.2 Å². The maximum Gasteiger partial charge on any atom is 0.243 e. The molecule has 37 heavy (non-hydrogen) atoms. The fourth-order valence-corrected chi connectivity index (χ4v) is 5.33. The zero-order valence-corrected chi connectivity index (χ0v) is 23.8. The first-order valence-corrected chi connectivity index (χ1v) is 14.8. The number of para-hydroxylation sites is 1. The molecule has 11 heteroatoms. The van der Waals surface area contributed by atoms with E-state index in [1.54, 1.807) is 31.2 Å². The van der Waals surface area contributed by atoms with Gasteiger partial charge in [-0.1, -0.05) is 55.2 Å². The number of halogens is 3. The summed E-state index contributed by atoms with van der Waals surface area (Å²) in [6.45, 7) is 5.53. The fourth-order valence-electron chi connectivity index (χ4n) is 3.85. The molecule has 0 fully saturated rings. The van der Waals surface area contributed by atoms with E-state index in [-0.39, 0.29) is 49.5 Å². The summed E-state index contributed by atoms with van der Waals surface area (Å²) in [5.41, 5.74) is 0.426. The Bertz CT molecular complexity index is 1180. The summed E-state index contributed by atoms with van der Waals surface area (Å²) in [6.07, 6.45) is 2.09. The van der Waals surface area contributed by atoms with Gasteiger partial charge in [-0.2, -0.15) is 0 Å². The summed E-state index contributed by atoms with van der Waals surface area (Å²) in [4.78, 5) is 28.0. The molecule has 0 bridgehead atoms. The zero-order valence-electron chi connectivity index (χ0n) is 21.5. The molecule has 0 saturated heterocycles. The Hall–Kier alpha value is -2.36. The molecule has 2 atom stereocenters. The Morgan fingerprint density at radius 3 is 2.19 bits per heavy atom. The van der Waals surface area contributed by atoms with Crippen molar-refractivity contribution in [3.63, 3.8) is 0 Å². The molecule has 0 aliphatic carbocycles. The standard InChI is InChI=1S/C26H34Cl2FN3O4S/c1-5-18(3)30-26(34)23(6-2)31(17-19-20(27)11-9-12-21(19)28)25(33)15-10-16-32(37(4,35)36)24-14-8-7-13-22(24)29/h7-9,11-14,18,23H,5-6,10,15-17H2,1-4H3,(H,30,34)/t18-,23+/m0/s1. The topological polar surface area (TPSA) is 86.8 Å². The number of sulfonamides is 1. The van der Waals surface area contributed by atoms with Crippen molar-refractivity contribution >= 4 is 50.7 Å². The van der Waals surface area contributed by atoms with Gasteiger partial charge < -0.3 is 10.2 Å². The predicted molar refractivity (Wildman–Crippen MR) is 147 cm³/mol. The van der Waals surface area contributed by atoms with Gasteiger partial charge in [-0.3, -0.25) is 13.9 Å². The van der Waals surface area contributed by atoms with Crippen LogP contribution in [-0.4, -0.2) is 50.0 Å². The van der Waals surface area contributed by atoms with Gasteiger partial charge >= 0.3 is 0 Å². The van der Waals surface area contributed by atoms with E-state index in [4.69, 9.17) is 23.2 Å². The van der Waals surface area contributed by atoms with Crippen LogP contribution in [0.1, 0.15) is 52.0 Å². The van der Waals surface area contributed by atoms with Gasteiger partial charge in [0.1, 0.15) is 11.9 Å². The Balaban J connectivity index is 2.29. The van der Waals surface area contributed by atoms with Gasteiger partial charge in [-0.15, -0.1) is 0 Å². The highest BCUT2D eigenvalue weighted by molar-refractivity contribution is 7.92. The number of rotatable bonds is 13. The molecule has 2 rings (SSSR count). The minimum absolute atomic E-state index is 0.00682. The largest absolute Gasteiger partial charge is 0.352 e. The van der Waals surface area contributed by atoms with E-state index >= 15 is 0 Å². The third-order valence-electron chi connectivity index (χ3n) is 6.05. The summed E-state index contributed by atoms with van der Waals surface area (Å²) < 4.78 is 40.0. The van der Waals surface area contributed by atoms with Gasteiger partial charge in [0.2, 0.25) is 21.8 Å². The number of carbonyl (C=O) groups excluding carboxylic acids is 2. The van der Waals surface area contributed by atoms with Gasteiger partial charge in [0.15, 0.2) is 0 Å². The molecular formula is C26H34Cl2FN3O4S. The van der Waals surface area contributed by atoms with Crippen LogP contribution >= 0.6 is 23.2 Å². The van der Waals surface area contributed by atoms with E-state index < -0.39 is 21.9 Å². The Labute approximate surface area is 229 Å². The highest BCUT2D eigenvalue weighted by Crippen LogP contribution is 2.28. The van der Waals surface area contributed by atoms with Crippen molar-refractivity contribution in [2.75, 3.05) is 17.1 Å². The van der Waals surface area contributed by atoms with Crippen molar-refractivity contribution in [1.29, 1.82) is 0 Å². The average molecular weight is 575 g/mol. The number of hydrogen-bond acceptors (Lipinski definition) is 4. The number of amides is 2. The van der Waals surface area contributed by atoms with Gasteiger partial charge in [-0.05, 0) is 50.5 Å². The lowest BCUT2D eigenvalue weighted by molar-refractivity contribution is -0.141. The molecule has 204 valence electrons. The highest BCUT2D eigenvalue weighted by atomic mass is 35.5. The minimum atomic E-state index is -3.80. The second-order valence-electron chi connectivity index (χ2n) is 8.85. The lowest BCUT2D eigenvalue weighted by Gasteiger charge is -2.32. The smallest absolute Gasteiger partial charge is 0.243 e. The maximum absolute atomic E-state index is 14.3. The number of nitrogens with one attached hydrogen (secondary N) is 1. The molecule has 0 aliphatic heterocycles. The molecular weight excluding hydrogens is 540 g/mol. The molecule has 0 unspecified atom stereocenters. The number of hydrogen-bond donors (Lipinski definition) is 1. The Morgan fingerprint density at radius 1 is 1.03 bits per heavy atom. The number of benzene rings is 2. The first-order chi connectivity index (χ1) is 17.4. The van der Waals surface area contributed by atoms with Gasteiger partial charge in [0, 0.05) is 41.2 Å². The number of nitrogens with zero attached hydrogens (tertiary/aromatic N) is 2. The summed E-state index contributed by atoms with van der Waals surface area (Å²) >= 11 is 12.7. The molecule has 2 aromatic carbocycles. The second kappa shape index (κ2) is 14.0. The SMILES string of the molecule is CC[C@H](C(=O)N[C@@H](C)CC)N(Cc1c(Cl)cccc1Cl)C(=O)CCCN(c1ccccc1F)S(C)(=O)=O. The van der Waals surface area contributed by atoms with Gasteiger partial charge in [0.05, 0.1) is 11.9 Å². The maximum atomic E-state index is 14.3. The van der Waals surface area contributed by atoms with E-state index in [0.717, 1.165) is 17.0 Å². The van der Waals surface area contributed by atoms with Crippen molar-refractivity contribution in [3.8, 4) is 0 Å². The quantitative estimate of drug-likeness (QED) is 0.347. The lowest BCUT2D eigenvalue weighted by atomic mass is 10.1. The minimum Gasteiger partial charge on any atom is -0.352 e. The fraction of sp³-hybridized carbons (Fsp3) is 0.462. The summed E-state index contributed by atoms with van der Waals surface area (Å²) in [7, 11) is -3.80. The van der Waals surface area contributed by atoms with E-state index in [0.29, 0.717) is 22.0 Å². The first kappa shape index (κ1) is 30.9. The van der Waals surface area contributed by atoms with Crippen LogP contribution in [0, 0.1) is 5.82 Å². The first-order valence-electron chi connectivity index (χ1n) is 12.2. The third-order valence-corrected chi connectivity index (χ3v) is 7.94. The van der Waals surface area contributed by atoms with Crippen LogP contribution in [0.15, 0.2) is 42.5 Å². The lowest BCUT2D eigenvalue weighted by Crippen LogP contribution is -2.50. The van der Waals surface area contributed by atoms with Crippen molar-refractivity contribution in [2.24, 2.45) is 0 Å². The average Bonchev–Trinajstić information content (AvgIpc) is 2.83. The van der Waals surface area contributed by atoms with E-state index in [1.165, 1.54) is 23.1 Å². The van der Waals surface area contributed by atoms with Crippen LogP contribution in [0.4, 0.5) is 10.1 Å². The van der Waals surface area contributed by atoms with Crippen LogP contribution in [0.5, 0.6) is 0 Å². The molecule has 7 nitrogen and oxygen atoms in total. The molecule has 0 aliphatic rings. The summed E-state index contributed by atoms with van der Waals surface area (Å²) in [5, 5.41) is 3.66. The Kier molecular flexibility index (Phi) is 11.7.